The quantitative estimate of drug-likeness (QED) is 0.675. The normalized spacial score (nSPS) is 10.6. The zero-order valence-electron chi connectivity index (χ0n) is 14.6. The van der Waals surface area contributed by atoms with Gasteiger partial charge < -0.3 is 29.7 Å². The molecule has 0 fully saturated rings. The highest BCUT2D eigenvalue weighted by atomic mass is 35.5. The van der Waals surface area contributed by atoms with E-state index in [0.717, 1.165) is 0 Å². The van der Waals surface area contributed by atoms with E-state index in [0.29, 0.717) is 38.7 Å². The van der Waals surface area contributed by atoms with E-state index in [1.165, 1.54) is 14.2 Å². The molecule has 0 atom stereocenters. The van der Waals surface area contributed by atoms with E-state index < -0.39 is 11.9 Å². The lowest BCUT2D eigenvalue weighted by Gasteiger charge is -2.12. The van der Waals surface area contributed by atoms with Gasteiger partial charge in [0, 0.05) is 22.0 Å². The largest absolute Gasteiger partial charge is 0.543 e. The van der Waals surface area contributed by atoms with Crippen molar-refractivity contribution in [3.8, 4) is 11.5 Å². The number of benzene rings is 2. The summed E-state index contributed by atoms with van der Waals surface area (Å²) in [6, 6.07) is 9.86. The molecular weight excluding hydrogens is 372 g/mol. The van der Waals surface area contributed by atoms with Crippen molar-refractivity contribution in [2.75, 3.05) is 19.5 Å². The third-order valence-corrected chi connectivity index (χ3v) is 4.33. The maximum atomic E-state index is 12.6. The third kappa shape index (κ3) is 3.83. The molecule has 27 heavy (non-hydrogen) atoms. The van der Waals surface area contributed by atoms with Gasteiger partial charge >= 0.3 is 0 Å². The summed E-state index contributed by atoms with van der Waals surface area (Å²) in [6.07, 6.45) is -0.190. The van der Waals surface area contributed by atoms with E-state index in [-0.39, 0.29) is 12.1 Å². The van der Waals surface area contributed by atoms with Gasteiger partial charge in [-0.25, -0.2) is 0 Å². The van der Waals surface area contributed by atoms with Gasteiger partial charge in [-0.15, -0.1) is 0 Å². The van der Waals surface area contributed by atoms with Crippen LogP contribution in [0.4, 0.5) is 5.69 Å². The lowest BCUT2D eigenvalue weighted by molar-refractivity contribution is -0.255. The lowest BCUT2D eigenvalue weighted by Crippen LogP contribution is -2.25. The number of aromatic amines is 1. The molecule has 0 saturated heterocycles. The van der Waals surface area contributed by atoms with Crippen LogP contribution in [0.15, 0.2) is 36.4 Å². The van der Waals surface area contributed by atoms with E-state index in [1.54, 1.807) is 36.4 Å². The summed E-state index contributed by atoms with van der Waals surface area (Å²) >= 11 is 6.01. The second-order valence-corrected chi connectivity index (χ2v) is 6.18. The number of H-pyrrole nitrogens is 1. The number of carboxylic acid groups (broad SMARTS) is 1. The molecule has 1 amide bonds. The second-order valence-electron chi connectivity index (χ2n) is 5.75. The predicted octanol–water partition coefficient (Wildman–Crippen LogP) is 2.38. The average Bonchev–Trinajstić information content (AvgIpc) is 2.99. The Morgan fingerprint density at radius 2 is 1.93 bits per heavy atom. The molecule has 1 heterocycles. The predicted molar refractivity (Wildman–Crippen MR) is 99.5 cm³/mol. The zero-order valence-corrected chi connectivity index (χ0v) is 15.3. The van der Waals surface area contributed by atoms with Crippen LogP contribution in [0.3, 0.4) is 0 Å². The Morgan fingerprint density at radius 1 is 1.15 bits per heavy atom. The summed E-state index contributed by atoms with van der Waals surface area (Å²) < 4.78 is 10.4. The molecule has 0 spiro atoms. The number of hydrogen-bond donors (Lipinski definition) is 2. The van der Waals surface area contributed by atoms with Crippen LogP contribution in [0.25, 0.3) is 10.9 Å². The molecular formula is C19H16ClN2O5-. The number of amides is 1. The van der Waals surface area contributed by atoms with Gasteiger partial charge in [0.05, 0.1) is 38.0 Å². The minimum Gasteiger partial charge on any atom is -0.543 e. The van der Waals surface area contributed by atoms with Crippen molar-refractivity contribution in [1.29, 1.82) is 0 Å². The first kappa shape index (κ1) is 18.6. The van der Waals surface area contributed by atoms with Gasteiger partial charge in [0.1, 0.15) is 11.5 Å². The molecule has 0 bridgehead atoms. The number of carboxylic acids is 1. The molecule has 8 heteroatoms. The number of carbonyl (C=O) groups is 2. The number of hydrogen-bond acceptors (Lipinski definition) is 5. The van der Waals surface area contributed by atoms with Crippen molar-refractivity contribution in [2.45, 2.75) is 6.42 Å². The van der Waals surface area contributed by atoms with Crippen molar-refractivity contribution >= 4 is 40.1 Å². The molecule has 0 radical (unpaired) electrons. The zero-order chi connectivity index (χ0) is 19.6. The lowest BCUT2D eigenvalue weighted by atomic mass is 10.1. The molecule has 7 nitrogen and oxygen atoms in total. The first-order valence-electron chi connectivity index (χ1n) is 7.96. The van der Waals surface area contributed by atoms with Gasteiger partial charge in [-0.2, -0.15) is 0 Å². The molecule has 140 valence electrons. The molecule has 0 aliphatic rings. The van der Waals surface area contributed by atoms with Crippen LogP contribution in [0.5, 0.6) is 11.5 Å². The monoisotopic (exact) mass is 387 g/mol. The van der Waals surface area contributed by atoms with Crippen molar-refractivity contribution < 1.29 is 24.2 Å². The first-order chi connectivity index (χ1) is 12.9. The number of halogens is 1. The Balaban J connectivity index is 1.94. The van der Waals surface area contributed by atoms with Crippen LogP contribution in [0.2, 0.25) is 5.02 Å². The number of anilines is 1. The molecule has 2 aromatic carbocycles. The molecule has 3 rings (SSSR count). The molecule has 0 aliphatic heterocycles. The number of fused-ring (bicyclic) bond motifs is 1. The van der Waals surface area contributed by atoms with Gasteiger partial charge in [-0.05, 0) is 35.9 Å². The molecule has 0 aliphatic carbocycles. The van der Waals surface area contributed by atoms with E-state index >= 15 is 0 Å². The Hall–Kier alpha value is -3.19. The fourth-order valence-electron chi connectivity index (χ4n) is 2.84. The fraction of sp³-hybridized carbons (Fsp3) is 0.158. The maximum absolute atomic E-state index is 12.6. The van der Waals surface area contributed by atoms with Gasteiger partial charge in [0.15, 0.2) is 0 Å². The number of aromatic carboxylic acids is 1. The number of nitrogens with one attached hydrogen (secondary N) is 2. The highest BCUT2D eigenvalue weighted by molar-refractivity contribution is 6.31. The summed E-state index contributed by atoms with van der Waals surface area (Å²) in [6.45, 7) is 0. The van der Waals surface area contributed by atoms with Crippen molar-refractivity contribution in [3.05, 3.63) is 52.7 Å². The van der Waals surface area contributed by atoms with Gasteiger partial charge in [0.25, 0.3) is 0 Å². The fourth-order valence-corrected chi connectivity index (χ4v) is 3.02. The van der Waals surface area contributed by atoms with Gasteiger partial charge in [-0.1, -0.05) is 11.6 Å². The Labute approximate surface area is 159 Å². The molecule has 2 N–H and O–H groups in total. The van der Waals surface area contributed by atoms with Crippen LogP contribution < -0.4 is 19.9 Å². The van der Waals surface area contributed by atoms with Crippen molar-refractivity contribution in [2.24, 2.45) is 0 Å². The Morgan fingerprint density at radius 3 is 2.59 bits per heavy atom. The van der Waals surface area contributed by atoms with Crippen molar-refractivity contribution in [3.63, 3.8) is 0 Å². The van der Waals surface area contributed by atoms with Crippen molar-refractivity contribution in [1.82, 2.24) is 4.98 Å². The summed E-state index contributed by atoms with van der Waals surface area (Å²) in [4.78, 5) is 26.8. The minimum absolute atomic E-state index is 0.153. The van der Waals surface area contributed by atoms with Crippen LogP contribution in [0, 0.1) is 0 Å². The molecule has 3 aromatic rings. The van der Waals surface area contributed by atoms with E-state index in [1.807, 2.05) is 0 Å². The van der Waals surface area contributed by atoms with E-state index in [4.69, 9.17) is 21.1 Å². The number of aromatic nitrogens is 1. The molecule has 0 unspecified atom stereocenters. The Kier molecular flexibility index (Phi) is 5.23. The average molecular weight is 388 g/mol. The summed E-state index contributed by atoms with van der Waals surface area (Å²) in [5.41, 5.74) is 1.11. The summed E-state index contributed by atoms with van der Waals surface area (Å²) in [5.74, 6) is -0.833. The van der Waals surface area contributed by atoms with Crippen LogP contribution in [-0.4, -0.2) is 31.1 Å². The summed E-state index contributed by atoms with van der Waals surface area (Å²) in [7, 11) is 2.99. The minimum atomic E-state index is -1.40. The Bertz CT molecular complexity index is 1030. The highest BCUT2D eigenvalue weighted by Gasteiger charge is 2.17. The van der Waals surface area contributed by atoms with Crippen LogP contribution in [-0.2, 0) is 11.2 Å². The number of methoxy groups -OCH3 is 2. The first-order valence-corrected chi connectivity index (χ1v) is 8.34. The summed E-state index contributed by atoms with van der Waals surface area (Å²) in [5, 5.41) is 15.2. The second kappa shape index (κ2) is 7.59. The van der Waals surface area contributed by atoms with E-state index in [9.17, 15) is 14.7 Å². The van der Waals surface area contributed by atoms with Crippen LogP contribution in [0.1, 0.15) is 16.1 Å². The number of carbonyl (C=O) groups excluding carboxylic acids is 2. The van der Waals surface area contributed by atoms with Gasteiger partial charge in [-0.3, -0.25) is 4.79 Å². The molecule has 0 saturated carbocycles. The smallest absolute Gasteiger partial charge is 0.229 e. The number of rotatable bonds is 6. The standard InChI is InChI=1S/C19H17ClN2O5/c1-26-11-4-6-16(27-2)15(8-11)21-17(23)9-13-12-7-10(20)3-5-14(12)22-18(13)19(24)25/h3-8,22H,9H2,1-2H3,(H,21,23)(H,24,25)/p-1. The van der Waals surface area contributed by atoms with E-state index in [2.05, 4.69) is 10.3 Å². The maximum Gasteiger partial charge on any atom is 0.229 e. The van der Waals surface area contributed by atoms with Gasteiger partial charge in [0.2, 0.25) is 5.91 Å². The topological polar surface area (TPSA) is 103 Å². The highest BCUT2D eigenvalue weighted by Crippen LogP contribution is 2.30. The third-order valence-electron chi connectivity index (χ3n) is 4.09. The molecule has 1 aromatic heterocycles. The number of ether oxygens (including phenoxy) is 2. The van der Waals surface area contributed by atoms with Crippen LogP contribution >= 0.6 is 11.6 Å². The SMILES string of the molecule is COc1ccc(OC)c(NC(=O)Cc2c(C(=O)[O-])[nH]c3ccc(Cl)cc23)c1.